The van der Waals surface area contributed by atoms with E-state index in [1.165, 1.54) is 5.57 Å². The average Bonchev–Trinajstić information content (AvgIpc) is 2.11. The van der Waals surface area contributed by atoms with E-state index in [9.17, 15) is 5.11 Å². The molecule has 16 heavy (non-hydrogen) atoms. The molecule has 1 N–H and O–H groups in total. The smallest absolute Gasteiger partial charge is 0.0681 e. The first-order valence-electron chi connectivity index (χ1n) is 6.61. The summed E-state index contributed by atoms with van der Waals surface area (Å²) in [4.78, 5) is 0. The molecule has 2 heteroatoms. The van der Waals surface area contributed by atoms with Gasteiger partial charge in [0.05, 0.1) is 5.60 Å². The van der Waals surface area contributed by atoms with Gasteiger partial charge in [0.25, 0.3) is 0 Å². The molecule has 0 aromatic heterocycles. The topological polar surface area (TPSA) is 20.2 Å². The van der Waals surface area contributed by atoms with Gasteiger partial charge in [-0.3, -0.25) is 0 Å². The molecule has 0 fully saturated rings. The quantitative estimate of drug-likeness (QED) is 0.487. The molecule has 1 atom stereocenters. The third-order valence-electron chi connectivity index (χ3n) is 3.01. The molecule has 1 nitrogen and oxygen atoms in total. The second kappa shape index (κ2) is 6.60. The number of hydrogen-bond donors (Lipinski definition) is 1. The predicted octanol–water partition coefficient (Wildman–Crippen LogP) is 4.60. The van der Waals surface area contributed by atoms with E-state index in [4.69, 9.17) is 0 Å². The SMILES string of the molecule is C=C(CC(O)(CC)CCCC)C[Si](C)(C)C. The maximum absolute atomic E-state index is 10.5. The molecule has 0 aromatic rings. The zero-order valence-corrected chi connectivity index (χ0v) is 12.9. The molecule has 0 heterocycles. The molecule has 0 saturated carbocycles. The molecular weight excluding hydrogens is 212 g/mol. The Kier molecular flexibility index (Phi) is 6.57. The fourth-order valence-electron chi connectivity index (χ4n) is 2.17. The van der Waals surface area contributed by atoms with Crippen LogP contribution in [-0.2, 0) is 0 Å². The second-order valence-electron chi connectivity index (χ2n) is 6.35. The predicted molar refractivity (Wildman–Crippen MR) is 76.7 cm³/mol. The van der Waals surface area contributed by atoms with Gasteiger partial charge in [0.15, 0.2) is 0 Å². The highest BCUT2D eigenvalue weighted by Gasteiger charge is 2.26. The molecule has 0 aliphatic carbocycles. The van der Waals surface area contributed by atoms with Crippen LogP contribution in [0.3, 0.4) is 0 Å². The molecular formula is C14H30OSi. The van der Waals surface area contributed by atoms with Crippen LogP contribution < -0.4 is 0 Å². The van der Waals surface area contributed by atoms with E-state index in [0.717, 1.165) is 38.1 Å². The Morgan fingerprint density at radius 3 is 2.19 bits per heavy atom. The third kappa shape index (κ3) is 7.23. The number of aliphatic hydroxyl groups is 1. The van der Waals surface area contributed by atoms with Crippen LogP contribution >= 0.6 is 0 Å². The van der Waals surface area contributed by atoms with Crippen molar-refractivity contribution in [1.82, 2.24) is 0 Å². The Bertz CT molecular complexity index is 217. The second-order valence-corrected chi connectivity index (χ2v) is 11.8. The van der Waals surface area contributed by atoms with E-state index >= 15 is 0 Å². The highest BCUT2D eigenvalue weighted by atomic mass is 28.3. The van der Waals surface area contributed by atoms with Crippen LogP contribution in [0, 0.1) is 0 Å². The van der Waals surface area contributed by atoms with Gasteiger partial charge < -0.3 is 5.11 Å². The maximum Gasteiger partial charge on any atom is 0.0681 e. The summed E-state index contributed by atoms with van der Waals surface area (Å²) in [6.45, 7) is 15.5. The Morgan fingerprint density at radius 2 is 1.81 bits per heavy atom. The van der Waals surface area contributed by atoms with E-state index in [1.54, 1.807) is 0 Å². The number of rotatable bonds is 8. The minimum Gasteiger partial charge on any atom is -0.390 e. The summed E-state index contributed by atoms with van der Waals surface area (Å²) in [7, 11) is -1.07. The van der Waals surface area contributed by atoms with Gasteiger partial charge in [-0.15, -0.1) is 6.58 Å². The maximum atomic E-state index is 10.5. The van der Waals surface area contributed by atoms with Gasteiger partial charge in [0.1, 0.15) is 0 Å². The Hall–Kier alpha value is -0.0831. The van der Waals surface area contributed by atoms with Gasteiger partial charge in [-0.05, 0) is 25.3 Å². The van der Waals surface area contributed by atoms with E-state index < -0.39 is 13.7 Å². The molecule has 0 aromatic carbocycles. The summed E-state index contributed by atoms with van der Waals surface area (Å²) in [5.41, 5.74) is 0.756. The van der Waals surface area contributed by atoms with Crippen molar-refractivity contribution in [3.8, 4) is 0 Å². The van der Waals surface area contributed by atoms with Gasteiger partial charge in [-0.25, -0.2) is 0 Å². The van der Waals surface area contributed by atoms with Gasteiger partial charge in [0, 0.05) is 8.07 Å². The number of hydrogen-bond acceptors (Lipinski definition) is 1. The van der Waals surface area contributed by atoms with Crippen LogP contribution in [0.1, 0.15) is 46.0 Å². The lowest BCUT2D eigenvalue weighted by molar-refractivity contribution is 0.0258. The largest absolute Gasteiger partial charge is 0.390 e. The van der Waals surface area contributed by atoms with Crippen molar-refractivity contribution in [2.24, 2.45) is 0 Å². The van der Waals surface area contributed by atoms with Gasteiger partial charge in [0.2, 0.25) is 0 Å². The van der Waals surface area contributed by atoms with Crippen LogP contribution in [0.5, 0.6) is 0 Å². The monoisotopic (exact) mass is 242 g/mol. The highest BCUT2D eigenvalue weighted by molar-refractivity contribution is 6.76. The van der Waals surface area contributed by atoms with E-state index in [0.29, 0.717) is 0 Å². The molecule has 0 aliphatic heterocycles. The van der Waals surface area contributed by atoms with Crippen molar-refractivity contribution < 1.29 is 5.11 Å². The fourth-order valence-corrected chi connectivity index (χ4v) is 3.80. The standard InChI is InChI=1S/C14H30OSi/c1-7-9-10-14(15,8-2)11-13(3)12-16(4,5)6/h15H,3,7-12H2,1-2,4-6H3. The zero-order chi connectivity index (χ0) is 12.8. The van der Waals surface area contributed by atoms with Crippen molar-refractivity contribution in [3.63, 3.8) is 0 Å². The molecule has 0 saturated heterocycles. The summed E-state index contributed by atoms with van der Waals surface area (Å²) in [6.07, 6.45) is 4.84. The first-order valence-corrected chi connectivity index (χ1v) is 10.3. The van der Waals surface area contributed by atoms with Gasteiger partial charge >= 0.3 is 0 Å². The van der Waals surface area contributed by atoms with Gasteiger partial charge in [-0.2, -0.15) is 0 Å². The van der Waals surface area contributed by atoms with Crippen LogP contribution in [-0.4, -0.2) is 18.8 Å². The summed E-state index contributed by atoms with van der Waals surface area (Å²) >= 11 is 0. The van der Waals surface area contributed by atoms with Crippen molar-refractivity contribution in [3.05, 3.63) is 12.2 Å². The molecule has 0 radical (unpaired) electrons. The van der Waals surface area contributed by atoms with Crippen molar-refractivity contribution in [2.45, 2.75) is 77.2 Å². The lowest BCUT2D eigenvalue weighted by atomic mass is 9.88. The van der Waals surface area contributed by atoms with Crippen LogP contribution in [0.15, 0.2) is 12.2 Å². The summed E-state index contributed by atoms with van der Waals surface area (Å²) in [5, 5.41) is 10.5. The third-order valence-corrected chi connectivity index (χ3v) is 4.57. The Balaban J connectivity index is 4.25. The first-order chi connectivity index (χ1) is 7.22. The lowest BCUT2D eigenvalue weighted by Crippen LogP contribution is -2.30. The van der Waals surface area contributed by atoms with Crippen molar-refractivity contribution in [2.75, 3.05) is 0 Å². The minimum absolute atomic E-state index is 0.493. The van der Waals surface area contributed by atoms with Crippen LogP contribution in [0.2, 0.25) is 25.7 Å². The summed E-state index contributed by atoms with van der Waals surface area (Å²) in [5.74, 6) is 0. The van der Waals surface area contributed by atoms with E-state index in [-0.39, 0.29) is 0 Å². The molecule has 0 bridgehead atoms. The van der Waals surface area contributed by atoms with Crippen LogP contribution in [0.25, 0.3) is 0 Å². The zero-order valence-electron chi connectivity index (χ0n) is 11.9. The highest BCUT2D eigenvalue weighted by Crippen LogP contribution is 2.29. The molecule has 0 spiro atoms. The van der Waals surface area contributed by atoms with E-state index in [2.05, 4.69) is 40.1 Å². The number of unbranched alkanes of at least 4 members (excludes halogenated alkanes) is 1. The summed E-state index contributed by atoms with van der Waals surface area (Å²) < 4.78 is 0. The molecule has 0 aliphatic rings. The summed E-state index contributed by atoms with van der Waals surface area (Å²) in [6, 6.07) is 1.14. The minimum atomic E-state index is -1.07. The lowest BCUT2D eigenvalue weighted by Gasteiger charge is -2.29. The van der Waals surface area contributed by atoms with Crippen molar-refractivity contribution in [1.29, 1.82) is 0 Å². The molecule has 0 amide bonds. The average molecular weight is 242 g/mol. The molecule has 1 unspecified atom stereocenters. The fraction of sp³-hybridized carbons (Fsp3) is 0.857. The van der Waals surface area contributed by atoms with E-state index in [1.807, 2.05) is 0 Å². The Morgan fingerprint density at radius 1 is 1.25 bits per heavy atom. The molecule has 96 valence electrons. The molecule has 0 rings (SSSR count). The van der Waals surface area contributed by atoms with Gasteiger partial charge in [-0.1, -0.05) is 51.9 Å². The Labute approximate surface area is 103 Å². The van der Waals surface area contributed by atoms with Crippen molar-refractivity contribution >= 4 is 8.07 Å². The normalized spacial score (nSPS) is 15.9. The van der Waals surface area contributed by atoms with Crippen LogP contribution in [0.4, 0.5) is 0 Å². The first kappa shape index (κ1) is 15.9.